The summed E-state index contributed by atoms with van der Waals surface area (Å²) in [5.74, 6) is 0.807. The lowest BCUT2D eigenvalue weighted by atomic mass is 10.1. The number of hydrogen-bond donors (Lipinski definition) is 2. The third kappa shape index (κ3) is 3.45. The van der Waals surface area contributed by atoms with Crippen molar-refractivity contribution in [3.63, 3.8) is 0 Å². The molecule has 2 atom stereocenters. The molecule has 22 heavy (non-hydrogen) atoms. The van der Waals surface area contributed by atoms with Crippen LogP contribution in [-0.4, -0.2) is 22.1 Å². The normalized spacial score (nSPS) is 21.0. The third-order valence-electron chi connectivity index (χ3n) is 3.81. The van der Waals surface area contributed by atoms with Crippen LogP contribution in [0.1, 0.15) is 25.2 Å². The van der Waals surface area contributed by atoms with Crippen molar-refractivity contribution in [2.24, 2.45) is 11.7 Å². The van der Waals surface area contributed by atoms with Crippen molar-refractivity contribution in [3.05, 3.63) is 35.2 Å². The van der Waals surface area contributed by atoms with Crippen LogP contribution in [0.5, 0.6) is 0 Å². The highest BCUT2D eigenvalue weighted by molar-refractivity contribution is 6.30. The lowest BCUT2D eigenvalue weighted by molar-refractivity contribution is -0.125. The fourth-order valence-corrected chi connectivity index (χ4v) is 2.82. The second-order valence-corrected chi connectivity index (χ2v) is 5.95. The Bertz CT molecular complexity index is 673. The highest BCUT2D eigenvalue weighted by atomic mass is 35.5. The molecule has 1 fully saturated rings. The van der Waals surface area contributed by atoms with Gasteiger partial charge in [-0.3, -0.25) is 4.79 Å². The standard InChI is InChI=1S/C15H17ClN4O2/c16-11-3-1-2-9(6-11)14-19-13(22-20-14)8-18-15(21)10-4-5-12(17)7-10/h1-3,6,10,12H,4-5,7-8,17H2,(H,18,21). The molecule has 0 radical (unpaired) electrons. The molecule has 1 amide bonds. The Morgan fingerprint density at radius 3 is 3.05 bits per heavy atom. The minimum atomic E-state index is -0.00896. The predicted octanol–water partition coefficient (Wildman–Crippen LogP) is 2.13. The highest BCUT2D eigenvalue weighted by Gasteiger charge is 2.27. The highest BCUT2D eigenvalue weighted by Crippen LogP contribution is 2.24. The molecule has 3 N–H and O–H groups in total. The van der Waals surface area contributed by atoms with Gasteiger partial charge in [-0.25, -0.2) is 0 Å². The van der Waals surface area contributed by atoms with Gasteiger partial charge in [0, 0.05) is 22.5 Å². The Hall–Kier alpha value is -1.92. The van der Waals surface area contributed by atoms with Crippen molar-refractivity contribution in [1.82, 2.24) is 15.5 Å². The second kappa shape index (κ2) is 6.46. The molecule has 116 valence electrons. The molecule has 1 aromatic carbocycles. The largest absolute Gasteiger partial charge is 0.347 e. The van der Waals surface area contributed by atoms with Crippen molar-refractivity contribution in [3.8, 4) is 11.4 Å². The van der Waals surface area contributed by atoms with Crippen LogP contribution in [0.25, 0.3) is 11.4 Å². The topological polar surface area (TPSA) is 94.0 Å². The van der Waals surface area contributed by atoms with E-state index in [0.717, 1.165) is 24.8 Å². The molecule has 1 aliphatic rings. The van der Waals surface area contributed by atoms with E-state index < -0.39 is 0 Å². The maximum atomic E-state index is 12.0. The lowest BCUT2D eigenvalue weighted by Crippen LogP contribution is -2.30. The van der Waals surface area contributed by atoms with Gasteiger partial charge >= 0.3 is 0 Å². The molecule has 6 nitrogen and oxygen atoms in total. The van der Waals surface area contributed by atoms with Crippen LogP contribution in [-0.2, 0) is 11.3 Å². The SMILES string of the molecule is NC1CCC(C(=O)NCc2nc(-c3cccc(Cl)c3)no2)C1. The number of hydrogen-bond acceptors (Lipinski definition) is 5. The molecule has 0 spiro atoms. The average molecular weight is 321 g/mol. The number of nitrogens with one attached hydrogen (secondary N) is 1. The van der Waals surface area contributed by atoms with Gasteiger partial charge in [0.15, 0.2) is 0 Å². The molecule has 2 aromatic rings. The summed E-state index contributed by atoms with van der Waals surface area (Å²) in [5, 5.41) is 7.33. The van der Waals surface area contributed by atoms with Crippen LogP contribution >= 0.6 is 11.6 Å². The van der Waals surface area contributed by atoms with E-state index in [1.54, 1.807) is 12.1 Å². The van der Waals surface area contributed by atoms with Crippen molar-refractivity contribution < 1.29 is 9.32 Å². The van der Waals surface area contributed by atoms with Crippen LogP contribution in [0, 0.1) is 5.92 Å². The molecule has 0 aliphatic heterocycles. The number of halogens is 1. The van der Waals surface area contributed by atoms with E-state index in [1.165, 1.54) is 0 Å². The summed E-state index contributed by atoms with van der Waals surface area (Å²) < 4.78 is 5.15. The van der Waals surface area contributed by atoms with Gasteiger partial charge < -0.3 is 15.6 Å². The van der Waals surface area contributed by atoms with E-state index >= 15 is 0 Å². The van der Waals surface area contributed by atoms with E-state index in [1.807, 2.05) is 12.1 Å². The molecule has 1 heterocycles. The quantitative estimate of drug-likeness (QED) is 0.900. The first kappa shape index (κ1) is 15.0. The van der Waals surface area contributed by atoms with Gasteiger partial charge in [0.1, 0.15) is 0 Å². The Kier molecular flexibility index (Phi) is 4.40. The zero-order valence-electron chi connectivity index (χ0n) is 12.0. The lowest BCUT2D eigenvalue weighted by Gasteiger charge is -2.08. The van der Waals surface area contributed by atoms with E-state index in [0.29, 0.717) is 16.7 Å². The smallest absolute Gasteiger partial charge is 0.246 e. The Morgan fingerprint density at radius 1 is 1.45 bits per heavy atom. The van der Waals surface area contributed by atoms with Crippen LogP contribution in [0.2, 0.25) is 5.02 Å². The van der Waals surface area contributed by atoms with E-state index in [4.69, 9.17) is 21.9 Å². The van der Waals surface area contributed by atoms with Gasteiger partial charge in [-0.2, -0.15) is 4.98 Å². The monoisotopic (exact) mass is 320 g/mol. The summed E-state index contributed by atoms with van der Waals surface area (Å²) in [6.07, 6.45) is 2.48. The van der Waals surface area contributed by atoms with Crippen molar-refractivity contribution >= 4 is 17.5 Å². The van der Waals surface area contributed by atoms with E-state index in [9.17, 15) is 4.79 Å². The molecular weight excluding hydrogens is 304 g/mol. The molecule has 1 aromatic heterocycles. The fraction of sp³-hybridized carbons (Fsp3) is 0.400. The average Bonchev–Trinajstić information content (AvgIpc) is 3.14. The van der Waals surface area contributed by atoms with Crippen LogP contribution in [0.15, 0.2) is 28.8 Å². The number of rotatable bonds is 4. The number of nitrogens with two attached hydrogens (primary N) is 1. The van der Waals surface area contributed by atoms with Crippen molar-refractivity contribution in [2.75, 3.05) is 0 Å². The van der Waals surface area contributed by atoms with E-state index in [-0.39, 0.29) is 24.4 Å². The molecule has 0 bridgehead atoms. The molecule has 0 saturated heterocycles. The van der Waals surface area contributed by atoms with Gasteiger partial charge in [-0.1, -0.05) is 28.9 Å². The van der Waals surface area contributed by atoms with Gasteiger partial charge in [0.25, 0.3) is 0 Å². The maximum Gasteiger partial charge on any atom is 0.246 e. The van der Waals surface area contributed by atoms with Crippen molar-refractivity contribution in [1.29, 1.82) is 0 Å². The van der Waals surface area contributed by atoms with Gasteiger partial charge in [0.05, 0.1) is 6.54 Å². The summed E-state index contributed by atoms with van der Waals surface area (Å²) in [6, 6.07) is 7.33. The third-order valence-corrected chi connectivity index (χ3v) is 4.04. The Morgan fingerprint density at radius 2 is 2.32 bits per heavy atom. The number of carbonyl (C=O) groups is 1. The number of nitrogens with zero attached hydrogens (tertiary/aromatic N) is 2. The van der Waals surface area contributed by atoms with Gasteiger partial charge in [-0.15, -0.1) is 0 Å². The van der Waals surface area contributed by atoms with Gasteiger partial charge in [0.2, 0.25) is 17.6 Å². The fourth-order valence-electron chi connectivity index (χ4n) is 2.63. The zero-order valence-corrected chi connectivity index (χ0v) is 12.7. The molecule has 2 unspecified atom stereocenters. The predicted molar refractivity (Wildman–Crippen MR) is 81.9 cm³/mol. The van der Waals surface area contributed by atoms with Crippen molar-refractivity contribution in [2.45, 2.75) is 31.8 Å². The number of aromatic nitrogens is 2. The minimum absolute atomic E-state index is 0.00421. The molecular formula is C15H17ClN4O2. The summed E-state index contributed by atoms with van der Waals surface area (Å²) in [6.45, 7) is 0.220. The number of amides is 1. The summed E-state index contributed by atoms with van der Waals surface area (Å²) >= 11 is 5.94. The molecule has 1 saturated carbocycles. The number of benzene rings is 1. The minimum Gasteiger partial charge on any atom is -0.347 e. The van der Waals surface area contributed by atoms with Crippen LogP contribution in [0.4, 0.5) is 0 Å². The van der Waals surface area contributed by atoms with Gasteiger partial charge in [-0.05, 0) is 31.4 Å². The molecule has 1 aliphatic carbocycles. The Balaban J connectivity index is 1.59. The zero-order chi connectivity index (χ0) is 15.5. The first-order valence-corrected chi connectivity index (χ1v) is 7.61. The summed E-state index contributed by atoms with van der Waals surface area (Å²) in [4.78, 5) is 16.3. The summed E-state index contributed by atoms with van der Waals surface area (Å²) in [5.41, 5.74) is 6.59. The first-order valence-electron chi connectivity index (χ1n) is 7.23. The maximum absolute atomic E-state index is 12.0. The van der Waals surface area contributed by atoms with E-state index in [2.05, 4.69) is 15.5 Å². The summed E-state index contributed by atoms with van der Waals surface area (Å²) in [7, 11) is 0. The van der Waals surface area contributed by atoms with Crippen LogP contribution < -0.4 is 11.1 Å². The second-order valence-electron chi connectivity index (χ2n) is 5.51. The Labute approximate surface area is 133 Å². The first-order chi connectivity index (χ1) is 10.6. The van der Waals surface area contributed by atoms with Crippen LogP contribution in [0.3, 0.4) is 0 Å². The molecule has 3 rings (SSSR count). The number of carbonyl (C=O) groups excluding carboxylic acids is 1. The molecule has 7 heteroatoms.